The van der Waals surface area contributed by atoms with Crippen molar-refractivity contribution in [2.45, 2.75) is 32.4 Å². The third-order valence-corrected chi connectivity index (χ3v) is 5.11. The fraction of sp³-hybridized carbons (Fsp3) is 0.350. The van der Waals surface area contributed by atoms with Crippen LogP contribution in [0.2, 0.25) is 0 Å². The average molecular weight is 418 g/mol. The van der Waals surface area contributed by atoms with Crippen molar-refractivity contribution in [3.8, 4) is 11.5 Å². The van der Waals surface area contributed by atoms with Crippen LogP contribution in [0.4, 0.5) is 5.69 Å². The predicted molar refractivity (Wildman–Crippen MR) is 107 cm³/mol. The van der Waals surface area contributed by atoms with Gasteiger partial charge in [-0.15, -0.1) is 11.3 Å². The minimum absolute atomic E-state index is 0.0677. The smallest absolute Gasteiger partial charge is 0.309 e. The first-order valence-corrected chi connectivity index (χ1v) is 10.0. The molecule has 1 aliphatic rings. The van der Waals surface area contributed by atoms with Gasteiger partial charge in [0.25, 0.3) is 5.91 Å². The van der Waals surface area contributed by atoms with E-state index < -0.39 is 24.0 Å². The molecule has 8 nitrogen and oxygen atoms in total. The van der Waals surface area contributed by atoms with E-state index in [9.17, 15) is 14.4 Å². The SMILES string of the molecule is CC(=O)NC(CC(=O)OC(C)C(=O)Nc1ccc2c(c1)OCCO2)c1cccs1. The van der Waals surface area contributed by atoms with Gasteiger partial charge in [0.15, 0.2) is 17.6 Å². The molecule has 0 saturated carbocycles. The summed E-state index contributed by atoms with van der Waals surface area (Å²) in [5.41, 5.74) is 0.511. The van der Waals surface area contributed by atoms with Crippen LogP contribution in [0.25, 0.3) is 0 Å². The van der Waals surface area contributed by atoms with Crippen LogP contribution in [0.1, 0.15) is 31.2 Å². The van der Waals surface area contributed by atoms with Crippen LogP contribution in [-0.4, -0.2) is 37.1 Å². The number of amides is 2. The third kappa shape index (κ3) is 5.71. The zero-order valence-corrected chi connectivity index (χ0v) is 16.9. The molecule has 2 aromatic rings. The summed E-state index contributed by atoms with van der Waals surface area (Å²) in [5.74, 6) is -0.135. The summed E-state index contributed by atoms with van der Waals surface area (Å²) in [4.78, 5) is 36.9. The topological polar surface area (TPSA) is 103 Å². The second-order valence-corrected chi connectivity index (χ2v) is 7.43. The fourth-order valence-corrected chi connectivity index (χ4v) is 3.57. The Hall–Kier alpha value is -3.07. The summed E-state index contributed by atoms with van der Waals surface area (Å²) in [7, 11) is 0. The van der Waals surface area contributed by atoms with E-state index in [4.69, 9.17) is 14.2 Å². The third-order valence-electron chi connectivity index (χ3n) is 4.12. The van der Waals surface area contributed by atoms with E-state index in [0.717, 1.165) is 4.88 Å². The van der Waals surface area contributed by atoms with Crippen molar-refractivity contribution >= 4 is 34.8 Å². The Bertz CT molecular complexity index is 883. The van der Waals surface area contributed by atoms with Crippen molar-refractivity contribution < 1.29 is 28.6 Å². The highest BCUT2D eigenvalue weighted by molar-refractivity contribution is 7.10. The van der Waals surface area contributed by atoms with Gasteiger partial charge >= 0.3 is 5.97 Å². The highest BCUT2D eigenvalue weighted by Gasteiger charge is 2.23. The van der Waals surface area contributed by atoms with Gasteiger partial charge < -0.3 is 24.8 Å². The molecule has 1 aliphatic heterocycles. The second-order valence-electron chi connectivity index (χ2n) is 6.45. The van der Waals surface area contributed by atoms with Crippen molar-refractivity contribution in [3.05, 3.63) is 40.6 Å². The maximum atomic E-state index is 12.4. The molecule has 9 heteroatoms. The summed E-state index contributed by atoms with van der Waals surface area (Å²) in [6.07, 6.45) is -1.07. The summed E-state index contributed by atoms with van der Waals surface area (Å²) < 4.78 is 16.2. The van der Waals surface area contributed by atoms with Gasteiger partial charge in [-0.25, -0.2) is 0 Å². The number of nitrogens with one attached hydrogen (secondary N) is 2. The molecule has 2 atom stereocenters. The molecule has 0 bridgehead atoms. The summed E-state index contributed by atoms with van der Waals surface area (Å²) in [5, 5.41) is 7.28. The van der Waals surface area contributed by atoms with Crippen LogP contribution in [0.15, 0.2) is 35.7 Å². The van der Waals surface area contributed by atoms with Crippen LogP contribution >= 0.6 is 11.3 Å². The Morgan fingerprint density at radius 2 is 1.93 bits per heavy atom. The van der Waals surface area contributed by atoms with Gasteiger partial charge in [0.05, 0.1) is 12.5 Å². The molecule has 154 valence electrons. The summed E-state index contributed by atoms with van der Waals surface area (Å²) in [6, 6.07) is 8.22. The van der Waals surface area contributed by atoms with E-state index in [-0.39, 0.29) is 12.3 Å². The maximum absolute atomic E-state index is 12.4. The number of thiophene rings is 1. The first kappa shape index (κ1) is 20.7. The van der Waals surface area contributed by atoms with Crippen LogP contribution in [0.3, 0.4) is 0 Å². The van der Waals surface area contributed by atoms with Gasteiger partial charge in [-0.3, -0.25) is 14.4 Å². The first-order valence-electron chi connectivity index (χ1n) is 9.13. The molecule has 0 radical (unpaired) electrons. The molecule has 0 saturated heterocycles. The number of carbonyl (C=O) groups is 3. The molecule has 2 N–H and O–H groups in total. The molecule has 2 unspecified atom stereocenters. The lowest BCUT2D eigenvalue weighted by atomic mass is 10.1. The van der Waals surface area contributed by atoms with Gasteiger partial charge in [-0.1, -0.05) is 6.07 Å². The zero-order valence-electron chi connectivity index (χ0n) is 16.1. The van der Waals surface area contributed by atoms with Crippen LogP contribution in [0, 0.1) is 0 Å². The van der Waals surface area contributed by atoms with Crippen molar-refractivity contribution in [1.29, 1.82) is 0 Å². The van der Waals surface area contributed by atoms with Crippen LogP contribution < -0.4 is 20.1 Å². The van der Waals surface area contributed by atoms with Crippen molar-refractivity contribution in [2.24, 2.45) is 0 Å². The molecular formula is C20H22N2O6S. The number of esters is 1. The highest BCUT2D eigenvalue weighted by Crippen LogP contribution is 2.32. The van der Waals surface area contributed by atoms with Gasteiger partial charge in [-0.05, 0) is 30.5 Å². The number of ether oxygens (including phenoxy) is 3. The minimum atomic E-state index is -1.00. The predicted octanol–water partition coefficient (Wildman–Crippen LogP) is 2.66. The van der Waals surface area contributed by atoms with E-state index >= 15 is 0 Å². The van der Waals surface area contributed by atoms with E-state index in [1.54, 1.807) is 18.2 Å². The molecule has 2 heterocycles. The lowest BCUT2D eigenvalue weighted by molar-refractivity contribution is -0.153. The van der Waals surface area contributed by atoms with Gasteiger partial charge in [0.1, 0.15) is 13.2 Å². The normalized spacial score (nSPS) is 14.4. The van der Waals surface area contributed by atoms with Crippen molar-refractivity contribution in [1.82, 2.24) is 5.32 Å². The molecule has 29 heavy (non-hydrogen) atoms. The molecule has 3 rings (SSSR count). The largest absolute Gasteiger partial charge is 0.486 e. The van der Waals surface area contributed by atoms with Crippen LogP contribution in [0.5, 0.6) is 11.5 Å². The van der Waals surface area contributed by atoms with Crippen molar-refractivity contribution in [2.75, 3.05) is 18.5 Å². The average Bonchev–Trinajstić information content (AvgIpc) is 3.21. The second kappa shape index (κ2) is 9.42. The molecule has 1 aromatic heterocycles. The maximum Gasteiger partial charge on any atom is 0.309 e. The Morgan fingerprint density at radius 1 is 1.17 bits per heavy atom. The Balaban J connectivity index is 1.55. The minimum Gasteiger partial charge on any atom is -0.486 e. The Kier molecular flexibility index (Phi) is 6.71. The Morgan fingerprint density at radius 3 is 2.62 bits per heavy atom. The van der Waals surface area contributed by atoms with E-state index in [0.29, 0.717) is 30.4 Å². The van der Waals surface area contributed by atoms with Gasteiger partial charge in [0, 0.05) is 23.6 Å². The Labute approximate surface area is 172 Å². The number of fused-ring (bicyclic) bond motifs is 1. The van der Waals surface area contributed by atoms with E-state index in [1.807, 2.05) is 17.5 Å². The van der Waals surface area contributed by atoms with Gasteiger partial charge in [-0.2, -0.15) is 0 Å². The number of anilines is 1. The number of carbonyl (C=O) groups excluding carboxylic acids is 3. The molecule has 2 amide bonds. The molecule has 1 aromatic carbocycles. The molecule has 0 fully saturated rings. The van der Waals surface area contributed by atoms with E-state index in [2.05, 4.69) is 10.6 Å². The van der Waals surface area contributed by atoms with Crippen LogP contribution in [-0.2, 0) is 19.1 Å². The lowest BCUT2D eigenvalue weighted by Gasteiger charge is -2.20. The molecular weight excluding hydrogens is 396 g/mol. The monoisotopic (exact) mass is 418 g/mol. The fourth-order valence-electron chi connectivity index (χ4n) is 2.79. The molecule has 0 spiro atoms. The summed E-state index contributed by atoms with van der Waals surface area (Å²) in [6.45, 7) is 3.80. The number of benzene rings is 1. The van der Waals surface area contributed by atoms with Gasteiger partial charge in [0.2, 0.25) is 5.91 Å². The highest BCUT2D eigenvalue weighted by atomic mass is 32.1. The standard InChI is InChI=1S/C20H22N2O6S/c1-12(20(25)22-14-5-6-16-17(10-14)27-8-7-26-16)28-19(24)11-15(21-13(2)23)18-4-3-9-29-18/h3-6,9-10,12,15H,7-8,11H2,1-2H3,(H,21,23)(H,22,25). The first-order chi connectivity index (χ1) is 13.9. The molecule has 0 aliphatic carbocycles. The lowest BCUT2D eigenvalue weighted by Crippen LogP contribution is -2.32. The van der Waals surface area contributed by atoms with Crippen molar-refractivity contribution in [3.63, 3.8) is 0 Å². The summed E-state index contributed by atoms with van der Waals surface area (Å²) >= 11 is 1.43. The number of hydrogen-bond acceptors (Lipinski definition) is 7. The zero-order chi connectivity index (χ0) is 20.8. The van der Waals surface area contributed by atoms with E-state index in [1.165, 1.54) is 25.2 Å². The number of hydrogen-bond donors (Lipinski definition) is 2. The number of rotatable bonds is 7. The quantitative estimate of drug-likeness (QED) is 0.670.